The largest absolute Gasteiger partial charge is 0.357 e. The van der Waals surface area contributed by atoms with Gasteiger partial charge in [-0.2, -0.15) is 11.8 Å². The van der Waals surface area contributed by atoms with E-state index in [1.54, 1.807) is 11.3 Å². The molecule has 1 aliphatic heterocycles. The van der Waals surface area contributed by atoms with E-state index in [4.69, 9.17) is 4.99 Å². The summed E-state index contributed by atoms with van der Waals surface area (Å²) in [6.45, 7) is 10.7. The van der Waals surface area contributed by atoms with Crippen molar-refractivity contribution in [3.8, 4) is 0 Å². The van der Waals surface area contributed by atoms with Gasteiger partial charge in [-0.25, -0.2) is 4.98 Å². The van der Waals surface area contributed by atoms with E-state index in [0.29, 0.717) is 5.25 Å². The highest BCUT2D eigenvalue weighted by Gasteiger charge is 2.24. The SMILES string of the molecule is CCNC(=NCCc1nccs1)N1CCSC(C(C)C)C1. The van der Waals surface area contributed by atoms with Gasteiger partial charge >= 0.3 is 0 Å². The van der Waals surface area contributed by atoms with Crippen LogP contribution in [-0.4, -0.2) is 53.0 Å². The van der Waals surface area contributed by atoms with Crippen LogP contribution in [0.5, 0.6) is 0 Å². The second kappa shape index (κ2) is 8.63. The molecule has 1 aromatic rings. The van der Waals surface area contributed by atoms with Crippen LogP contribution < -0.4 is 5.32 Å². The van der Waals surface area contributed by atoms with Crippen LogP contribution in [0.3, 0.4) is 0 Å². The standard InChI is InChI=1S/C15H26N4S2/c1-4-16-15(18-6-5-14-17-7-9-21-14)19-8-10-20-13(11-19)12(2)3/h7,9,12-13H,4-6,8,10-11H2,1-3H3,(H,16,18). The minimum Gasteiger partial charge on any atom is -0.357 e. The summed E-state index contributed by atoms with van der Waals surface area (Å²) in [7, 11) is 0. The van der Waals surface area contributed by atoms with Gasteiger partial charge < -0.3 is 10.2 Å². The first-order valence-electron chi connectivity index (χ1n) is 7.74. The van der Waals surface area contributed by atoms with Crippen LogP contribution >= 0.6 is 23.1 Å². The molecular weight excluding hydrogens is 300 g/mol. The number of nitrogens with zero attached hydrogens (tertiary/aromatic N) is 3. The van der Waals surface area contributed by atoms with Crippen molar-refractivity contribution in [3.05, 3.63) is 16.6 Å². The van der Waals surface area contributed by atoms with Crippen molar-refractivity contribution in [2.24, 2.45) is 10.9 Å². The summed E-state index contributed by atoms with van der Waals surface area (Å²) >= 11 is 3.81. The summed E-state index contributed by atoms with van der Waals surface area (Å²) in [6, 6.07) is 0. The smallest absolute Gasteiger partial charge is 0.193 e. The molecule has 0 amide bonds. The number of aliphatic imine (C=N–C) groups is 1. The number of aromatic nitrogens is 1. The lowest BCUT2D eigenvalue weighted by Crippen LogP contribution is -2.49. The van der Waals surface area contributed by atoms with Crippen molar-refractivity contribution in [2.45, 2.75) is 32.4 Å². The Labute approximate surface area is 136 Å². The molecule has 0 radical (unpaired) electrons. The Bertz CT molecular complexity index is 431. The van der Waals surface area contributed by atoms with Crippen LogP contribution in [0.2, 0.25) is 0 Å². The molecule has 0 bridgehead atoms. The van der Waals surface area contributed by atoms with Crippen LogP contribution in [0.4, 0.5) is 0 Å². The van der Waals surface area contributed by atoms with E-state index in [-0.39, 0.29) is 0 Å². The third-order valence-electron chi connectivity index (χ3n) is 3.54. The van der Waals surface area contributed by atoms with E-state index in [0.717, 1.165) is 44.5 Å². The van der Waals surface area contributed by atoms with Gasteiger partial charge in [-0.3, -0.25) is 4.99 Å². The van der Waals surface area contributed by atoms with Gasteiger partial charge in [-0.1, -0.05) is 13.8 Å². The van der Waals surface area contributed by atoms with Crippen molar-refractivity contribution < 1.29 is 0 Å². The Morgan fingerprint density at radius 1 is 1.57 bits per heavy atom. The molecule has 1 fully saturated rings. The highest BCUT2D eigenvalue weighted by atomic mass is 32.2. The minimum atomic E-state index is 0.710. The summed E-state index contributed by atoms with van der Waals surface area (Å²) < 4.78 is 0. The number of thioether (sulfide) groups is 1. The van der Waals surface area contributed by atoms with Gasteiger partial charge in [0.05, 0.1) is 5.01 Å². The summed E-state index contributed by atoms with van der Waals surface area (Å²) in [5, 5.41) is 7.35. The topological polar surface area (TPSA) is 40.5 Å². The van der Waals surface area contributed by atoms with E-state index in [2.05, 4.69) is 47.7 Å². The Morgan fingerprint density at radius 3 is 3.10 bits per heavy atom. The van der Waals surface area contributed by atoms with Crippen LogP contribution in [0.1, 0.15) is 25.8 Å². The first-order valence-corrected chi connectivity index (χ1v) is 9.66. The van der Waals surface area contributed by atoms with Crippen LogP contribution in [-0.2, 0) is 6.42 Å². The molecule has 21 heavy (non-hydrogen) atoms. The van der Waals surface area contributed by atoms with Gasteiger partial charge in [0, 0.05) is 55.2 Å². The van der Waals surface area contributed by atoms with Crippen molar-refractivity contribution in [1.29, 1.82) is 0 Å². The molecule has 118 valence electrons. The maximum atomic E-state index is 4.79. The molecule has 1 atom stereocenters. The van der Waals surface area contributed by atoms with Crippen molar-refractivity contribution >= 4 is 29.1 Å². The van der Waals surface area contributed by atoms with Crippen molar-refractivity contribution in [3.63, 3.8) is 0 Å². The van der Waals surface area contributed by atoms with E-state index in [1.807, 2.05) is 11.6 Å². The zero-order chi connectivity index (χ0) is 15.1. The molecular formula is C15H26N4S2. The summed E-state index contributed by atoms with van der Waals surface area (Å²) in [6.07, 6.45) is 2.80. The third kappa shape index (κ3) is 5.18. The minimum absolute atomic E-state index is 0.710. The lowest BCUT2D eigenvalue weighted by atomic mass is 10.1. The molecule has 0 spiro atoms. The number of hydrogen-bond donors (Lipinski definition) is 1. The first kappa shape index (κ1) is 16.6. The maximum Gasteiger partial charge on any atom is 0.193 e. The predicted octanol–water partition coefficient (Wildman–Crippen LogP) is 2.72. The Morgan fingerprint density at radius 2 is 2.43 bits per heavy atom. The Balaban J connectivity index is 1.93. The lowest BCUT2D eigenvalue weighted by molar-refractivity contribution is 0.381. The highest BCUT2D eigenvalue weighted by molar-refractivity contribution is 8.00. The average molecular weight is 327 g/mol. The third-order valence-corrected chi connectivity index (χ3v) is 5.92. The first-order chi connectivity index (χ1) is 10.2. The number of hydrogen-bond acceptors (Lipinski definition) is 4. The Hall–Kier alpha value is -0.750. The molecule has 1 saturated heterocycles. The van der Waals surface area contributed by atoms with Gasteiger partial charge in [0.15, 0.2) is 5.96 Å². The Kier molecular flexibility index (Phi) is 6.83. The second-order valence-electron chi connectivity index (χ2n) is 5.51. The number of nitrogens with one attached hydrogen (secondary N) is 1. The molecule has 1 aromatic heterocycles. The molecule has 0 aliphatic carbocycles. The zero-order valence-corrected chi connectivity index (χ0v) is 14.8. The highest BCUT2D eigenvalue weighted by Crippen LogP contribution is 2.24. The molecule has 2 heterocycles. The van der Waals surface area contributed by atoms with Crippen molar-refractivity contribution in [1.82, 2.24) is 15.2 Å². The number of thiazole rings is 1. The fourth-order valence-corrected chi connectivity index (χ4v) is 4.24. The van der Waals surface area contributed by atoms with Crippen LogP contribution in [0.25, 0.3) is 0 Å². The summed E-state index contributed by atoms with van der Waals surface area (Å²) in [4.78, 5) is 11.5. The molecule has 1 unspecified atom stereocenters. The van der Waals surface area contributed by atoms with Gasteiger partial charge in [-0.15, -0.1) is 11.3 Å². The average Bonchev–Trinajstić information content (AvgIpc) is 3.00. The van der Waals surface area contributed by atoms with Crippen molar-refractivity contribution in [2.75, 3.05) is 31.9 Å². The second-order valence-corrected chi connectivity index (χ2v) is 7.84. The molecule has 1 aliphatic rings. The monoisotopic (exact) mass is 326 g/mol. The lowest BCUT2D eigenvalue weighted by Gasteiger charge is -2.36. The molecule has 4 nitrogen and oxygen atoms in total. The normalized spacial score (nSPS) is 20.1. The fourth-order valence-electron chi connectivity index (χ4n) is 2.33. The summed E-state index contributed by atoms with van der Waals surface area (Å²) in [5.41, 5.74) is 0. The molecule has 6 heteroatoms. The molecule has 0 aromatic carbocycles. The van der Waals surface area contributed by atoms with Crippen LogP contribution in [0, 0.1) is 5.92 Å². The van der Waals surface area contributed by atoms with Gasteiger partial charge in [0.1, 0.15) is 0 Å². The van der Waals surface area contributed by atoms with Gasteiger partial charge in [0.25, 0.3) is 0 Å². The maximum absolute atomic E-state index is 4.79. The molecule has 1 N–H and O–H groups in total. The van der Waals surface area contributed by atoms with E-state index in [1.165, 1.54) is 10.8 Å². The van der Waals surface area contributed by atoms with Gasteiger partial charge in [0.2, 0.25) is 0 Å². The summed E-state index contributed by atoms with van der Waals surface area (Å²) in [5.74, 6) is 2.98. The quantitative estimate of drug-likeness (QED) is 0.667. The van der Waals surface area contributed by atoms with E-state index >= 15 is 0 Å². The predicted molar refractivity (Wildman–Crippen MR) is 94.5 cm³/mol. The zero-order valence-electron chi connectivity index (χ0n) is 13.2. The van der Waals surface area contributed by atoms with Crippen LogP contribution in [0.15, 0.2) is 16.6 Å². The number of guanidine groups is 1. The molecule has 0 saturated carbocycles. The van der Waals surface area contributed by atoms with Gasteiger partial charge in [-0.05, 0) is 12.8 Å². The molecule has 2 rings (SSSR count). The fraction of sp³-hybridized carbons (Fsp3) is 0.733. The van der Waals surface area contributed by atoms with E-state index < -0.39 is 0 Å². The number of rotatable bonds is 5. The van der Waals surface area contributed by atoms with E-state index in [9.17, 15) is 0 Å².